The molecule has 0 radical (unpaired) electrons. The van der Waals surface area contributed by atoms with Crippen molar-refractivity contribution in [3.05, 3.63) is 57.6 Å². The van der Waals surface area contributed by atoms with Crippen LogP contribution < -0.4 is 15.2 Å². The quantitative estimate of drug-likeness (QED) is 0.527. The van der Waals surface area contributed by atoms with Crippen LogP contribution in [0.4, 0.5) is 11.4 Å². The first-order valence-corrected chi connectivity index (χ1v) is 6.56. The number of carbonyl (C=O) groups is 1. The lowest BCUT2D eigenvalue weighted by Gasteiger charge is -2.01. The molecule has 2 aromatic rings. The van der Waals surface area contributed by atoms with Crippen LogP contribution in [-0.4, -0.2) is 23.8 Å². The number of rotatable bonds is 4. The van der Waals surface area contributed by atoms with Gasteiger partial charge in [-0.2, -0.15) is 0 Å². The molecular weight excluding hydrogens is 302 g/mol. The molecule has 0 spiro atoms. The highest BCUT2D eigenvalue weighted by atomic mass is 16.7. The highest BCUT2D eigenvalue weighted by molar-refractivity contribution is 5.93. The molecule has 23 heavy (non-hydrogen) atoms. The summed E-state index contributed by atoms with van der Waals surface area (Å²) in [5.74, 6) is 0.229. The zero-order valence-corrected chi connectivity index (χ0v) is 11.8. The van der Waals surface area contributed by atoms with E-state index >= 15 is 0 Å². The Labute approximate surface area is 130 Å². The first-order chi connectivity index (χ1) is 11.0. The second-order valence-electron chi connectivity index (χ2n) is 4.69. The van der Waals surface area contributed by atoms with E-state index in [1.54, 1.807) is 12.1 Å². The van der Waals surface area contributed by atoms with E-state index in [9.17, 15) is 14.9 Å². The second-order valence-corrected chi connectivity index (χ2v) is 4.69. The summed E-state index contributed by atoms with van der Waals surface area (Å²) in [5, 5.41) is 11.1. The first kappa shape index (κ1) is 14.5. The number of nitro benzene ring substituents is 1. The van der Waals surface area contributed by atoms with Gasteiger partial charge in [0, 0.05) is 11.8 Å². The van der Waals surface area contributed by atoms with E-state index in [0.717, 1.165) is 0 Å². The van der Waals surface area contributed by atoms with E-state index in [2.05, 4.69) is 4.99 Å². The van der Waals surface area contributed by atoms with Gasteiger partial charge in [-0.3, -0.25) is 19.9 Å². The summed E-state index contributed by atoms with van der Waals surface area (Å²) < 4.78 is 10.3. The van der Waals surface area contributed by atoms with Gasteiger partial charge in [0.05, 0.1) is 22.2 Å². The zero-order valence-electron chi connectivity index (χ0n) is 11.8. The molecule has 1 aliphatic rings. The van der Waals surface area contributed by atoms with Gasteiger partial charge in [-0.25, -0.2) is 0 Å². The molecule has 0 saturated carbocycles. The molecule has 116 valence electrons. The molecule has 0 aliphatic carbocycles. The van der Waals surface area contributed by atoms with Crippen LogP contribution >= 0.6 is 0 Å². The Kier molecular flexibility index (Phi) is 3.63. The summed E-state index contributed by atoms with van der Waals surface area (Å²) in [6.45, 7) is 0.0294. The molecular formula is C15H11N3O5. The van der Waals surface area contributed by atoms with E-state index in [4.69, 9.17) is 15.2 Å². The van der Waals surface area contributed by atoms with E-state index < -0.39 is 10.8 Å². The van der Waals surface area contributed by atoms with Crippen molar-refractivity contribution >= 4 is 23.5 Å². The molecule has 0 bridgehead atoms. The lowest BCUT2D eigenvalue weighted by atomic mass is 10.1. The van der Waals surface area contributed by atoms with E-state index in [0.29, 0.717) is 28.3 Å². The van der Waals surface area contributed by atoms with Crippen LogP contribution in [0.1, 0.15) is 15.9 Å². The molecule has 0 fully saturated rings. The van der Waals surface area contributed by atoms with Gasteiger partial charge in [0.15, 0.2) is 11.5 Å². The maximum absolute atomic E-state index is 11.1. The second kappa shape index (κ2) is 5.76. The fourth-order valence-corrected chi connectivity index (χ4v) is 2.06. The smallest absolute Gasteiger partial charge is 0.282 e. The van der Waals surface area contributed by atoms with Crippen LogP contribution in [-0.2, 0) is 0 Å². The van der Waals surface area contributed by atoms with Gasteiger partial charge < -0.3 is 15.2 Å². The van der Waals surface area contributed by atoms with E-state index in [-0.39, 0.29) is 12.5 Å². The topological polar surface area (TPSA) is 117 Å². The van der Waals surface area contributed by atoms with Gasteiger partial charge in [0.2, 0.25) is 12.7 Å². The van der Waals surface area contributed by atoms with Gasteiger partial charge in [0.25, 0.3) is 5.69 Å². The normalized spacial score (nSPS) is 12.5. The third kappa shape index (κ3) is 2.95. The number of nitrogens with two attached hydrogens (primary N) is 1. The summed E-state index contributed by atoms with van der Waals surface area (Å²) in [4.78, 5) is 25.8. The molecule has 0 aromatic heterocycles. The third-order valence-electron chi connectivity index (χ3n) is 3.22. The number of nitrogens with zero attached hydrogens (tertiary/aromatic N) is 2. The average molecular weight is 313 g/mol. The number of hydrogen-bond donors (Lipinski definition) is 1. The highest BCUT2D eigenvalue weighted by Crippen LogP contribution is 2.37. The summed E-state index contributed by atoms with van der Waals surface area (Å²) >= 11 is 0. The SMILES string of the molecule is NC(=O)c1ccc(N=Cc2cc3c(cc2[N+](=O)[O-])OCO3)cc1. The van der Waals surface area contributed by atoms with Gasteiger partial charge >= 0.3 is 0 Å². The van der Waals surface area contributed by atoms with Crippen molar-refractivity contribution in [1.29, 1.82) is 0 Å². The van der Waals surface area contributed by atoms with Gasteiger partial charge in [-0.1, -0.05) is 0 Å². The Morgan fingerprint density at radius 1 is 1.22 bits per heavy atom. The van der Waals surface area contributed by atoms with Crippen molar-refractivity contribution in [2.75, 3.05) is 6.79 Å². The maximum atomic E-state index is 11.1. The van der Waals surface area contributed by atoms with Crippen molar-refractivity contribution in [3.63, 3.8) is 0 Å². The van der Waals surface area contributed by atoms with Crippen molar-refractivity contribution in [2.45, 2.75) is 0 Å². The number of carbonyl (C=O) groups excluding carboxylic acids is 1. The Bertz CT molecular complexity index is 815. The molecule has 1 aliphatic heterocycles. The zero-order chi connectivity index (χ0) is 16.4. The number of primary amides is 1. The molecule has 1 heterocycles. The van der Waals surface area contributed by atoms with Crippen LogP contribution in [0.5, 0.6) is 11.5 Å². The number of benzene rings is 2. The molecule has 2 N–H and O–H groups in total. The highest BCUT2D eigenvalue weighted by Gasteiger charge is 2.22. The van der Waals surface area contributed by atoms with Crippen LogP contribution in [0.25, 0.3) is 0 Å². The van der Waals surface area contributed by atoms with Gasteiger partial charge in [0.1, 0.15) is 0 Å². The lowest BCUT2D eigenvalue weighted by molar-refractivity contribution is -0.385. The monoisotopic (exact) mass is 313 g/mol. The van der Waals surface area contributed by atoms with Crippen LogP contribution in [0.15, 0.2) is 41.4 Å². The molecule has 1 amide bonds. The minimum absolute atomic E-state index is 0.0294. The van der Waals surface area contributed by atoms with Crippen molar-refractivity contribution in [1.82, 2.24) is 0 Å². The Hall–Kier alpha value is -3.42. The Morgan fingerprint density at radius 2 is 1.87 bits per heavy atom. The first-order valence-electron chi connectivity index (χ1n) is 6.56. The number of fused-ring (bicyclic) bond motifs is 1. The summed E-state index contributed by atoms with van der Waals surface area (Å²) in [6, 6.07) is 9.05. The molecule has 8 nitrogen and oxygen atoms in total. The molecule has 0 saturated heterocycles. The average Bonchev–Trinajstić information content (AvgIpc) is 2.99. The van der Waals surface area contributed by atoms with E-state index in [1.165, 1.54) is 30.5 Å². The van der Waals surface area contributed by atoms with Crippen molar-refractivity contribution in [3.8, 4) is 11.5 Å². The molecule has 2 aromatic carbocycles. The number of aliphatic imine (C=N–C) groups is 1. The number of amides is 1. The molecule has 8 heteroatoms. The van der Waals surface area contributed by atoms with Crippen LogP contribution in [0, 0.1) is 10.1 Å². The largest absolute Gasteiger partial charge is 0.454 e. The van der Waals surface area contributed by atoms with Crippen LogP contribution in [0.2, 0.25) is 0 Å². The molecule has 0 atom stereocenters. The lowest BCUT2D eigenvalue weighted by Crippen LogP contribution is -2.10. The predicted octanol–water partition coefficient (Wildman–Crippen LogP) is 2.17. The fraction of sp³-hybridized carbons (Fsp3) is 0.0667. The number of ether oxygens (including phenoxy) is 2. The summed E-state index contributed by atoms with van der Waals surface area (Å²) in [6.07, 6.45) is 1.36. The summed E-state index contributed by atoms with van der Waals surface area (Å²) in [5.41, 5.74) is 6.20. The number of hydrogen-bond acceptors (Lipinski definition) is 6. The van der Waals surface area contributed by atoms with E-state index in [1.807, 2.05) is 0 Å². The third-order valence-corrected chi connectivity index (χ3v) is 3.22. The fourth-order valence-electron chi connectivity index (χ4n) is 2.06. The predicted molar refractivity (Wildman–Crippen MR) is 81.4 cm³/mol. The minimum atomic E-state index is -0.535. The summed E-state index contributed by atoms with van der Waals surface area (Å²) in [7, 11) is 0. The number of nitro groups is 1. The van der Waals surface area contributed by atoms with Crippen LogP contribution in [0.3, 0.4) is 0 Å². The van der Waals surface area contributed by atoms with Gasteiger partial charge in [-0.05, 0) is 30.3 Å². The van der Waals surface area contributed by atoms with Crippen molar-refractivity contribution < 1.29 is 19.2 Å². The standard InChI is InChI=1S/C15H11N3O5/c16-15(19)9-1-3-11(4-2-9)17-7-10-5-13-14(23-8-22-13)6-12(10)18(20)21/h1-7H,8H2,(H2,16,19). The Morgan fingerprint density at radius 3 is 2.48 bits per heavy atom. The molecule has 0 unspecified atom stereocenters. The minimum Gasteiger partial charge on any atom is -0.454 e. The Balaban J connectivity index is 1.92. The maximum Gasteiger partial charge on any atom is 0.282 e. The van der Waals surface area contributed by atoms with Gasteiger partial charge in [-0.15, -0.1) is 0 Å². The van der Waals surface area contributed by atoms with Crippen molar-refractivity contribution in [2.24, 2.45) is 10.7 Å². The molecule has 3 rings (SSSR count).